The quantitative estimate of drug-likeness (QED) is 0.611. The van der Waals surface area contributed by atoms with Crippen LogP contribution in [0.4, 0.5) is 5.69 Å². The van der Waals surface area contributed by atoms with Crippen molar-refractivity contribution < 1.29 is 4.48 Å². The Morgan fingerprint density at radius 1 is 0.812 bits per heavy atom. The van der Waals surface area contributed by atoms with Crippen LogP contribution < -0.4 is 4.90 Å². The van der Waals surface area contributed by atoms with Crippen LogP contribution in [0.3, 0.4) is 0 Å². The van der Waals surface area contributed by atoms with Gasteiger partial charge in [0, 0.05) is 31.9 Å². The van der Waals surface area contributed by atoms with E-state index in [-0.39, 0.29) is 0 Å². The summed E-state index contributed by atoms with van der Waals surface area (Å²) in [7, 11) is 4.92. The SMILES string of the molecule is Cc1ccc(N2CCN(CN3CCC4(CCC([N+](C)(C)C(C)(C)C)CC4)CC3)CC2)cc1. The molecule has 2 saturated heterocycles. The van der Waals surface area contributed by atoms with Crippen LogP contribution in [-0.4, -0.2) is 85.9 Å². The molecule has 2 heterocycles. The van der Waals surface area contributed by atoms with Crippen LogP contribution in [0.5, 0.6) is 0 Å². The number of rotatable bonds is 4. The van der Waals surface area contributed by atoms with Gasteiger partial charge in [-0.3, -0.25) is 9.80 Å². The molecule has 32 heavy (non-hydrogen) atoms. The van der Waals surface area contributed by atoms with Crippen LogP contribution in [0.15, 0.2) is 24.3 Å². The molecule has 0 unspecified atom stereocenters. The lowest BCUT2D eigenvalue weighted by Gasteiger charge is -2.53. The van der Waals surface area contributed by atoms with E-state index >= 15 is 0 Å². The molecule has 4 rings (SSSR count). The van der Waals surface area contributed by atoms with Crippen LogP contribution in [0.25, 0.3) is 0 Å². The zero-order valence-electron chi connectivity index (χ0n) is 21.9. The molecule has 3 aliphatic rings. The van der Waals surface area contributed by atoms with Crippen molar-refractivity contribution in [1.82, 2.24) is 9.80 Å². The van der Waals surface area contributed by atoms with Gasteiger partial charge in [-0.25, -0.2) is 0 Å². The van der Waals surface area contributed by atoms with E-state index in [1.54, 1.807) is 0 Å². The van der Waals surface area contributed by atoms with Gasteiger partial charge in [-0.05, 0) is 96.9 Å². The number of piperazine rings is 1. The van der Waals surface area contributed by atoms with Gasteiger partial charge in [-0.2, -0.15) is 0 Å². The summed E-state index contributed by atoms with van der Waals surface area (Å²) in [6, 6.07) is 9.88. The Morgan fingerprint density at radius 3 is 1.88 bits per heavy atom. The Balaban J connectivity index is 1.20. The zero-order valence-corrected chi connectivity index (χ0v) is 21.9. The second-order valence-corrected chi connectivity index (χ2v) is 12.6. The molecule has 0 radical (unpaired) electrons. The number of anilines is 1. The molecule has 2 aliphatic heterocycles. The maximum atomic E-state index is 2.74. The van der Waals surface area contributed by atoms with Gasteiger partial charge in [0.15, 0.2) is 0 Å². The summed E-state index contributed by atoms with van der Waals surface area (Å²) in [4.78, 5) is 7.98. The maximum absolute atomic E-state index is 2.74. The highest BCUT2D eigenvalue weighted by atomic mass is 15.4. The molecule has 3 fully saturated rings. The first-order valence-corrected chi connectivity index (χ1v) is 13.2. The highest BCUT2D eigenvalue weighted by Crippen LogP contribution is 2.47. The minimum atomic E-state index is 0.335. The first-order valence-electron chi connectivity index (χ1n) is 13.2. The average Bonchev–Trinajstić information content (AvgIpc) is 2.76. The van der Waals surface area contributed by atoms with Gasteiger partial charge >= 0.3 is 0 Å². The van der Waals surface area contributed by atoms with Crippen LogP contribution in [0.2, 0.25) is 0 Å². The van der Waals surface area contributed by atoms with Crippen molar-refractivity contribution in [2.75, 3.05) is 64.9 Å². The Kier molecular flexibility index (Phi) is 6.96. The normalized spacial score (nSPS) is 24.2. The monoisotopic (exact) mass is 441 g/mol. The summed E-state index contributed by atoms with van der Waals surface area (Å²) in [5, 5.41) is 0. The molecular weight excluding hydrogens is 392 g/mol. The molecule has 1 spiro atoms. The van der Waals surface area contributed by atoms with Gasteiger partial charge in [-0.1, -0.05) is 17.7 Å². The first kappa shape index (κ1) is 24.0. The van der Waals surface area contributed by atoms with Gasteiger partial charge in [0.2, 0.25) is 0 Å². The number of quaternary nitrogens is 1. The molecule has 1 aromatic rings. The number of likely N-dealkylation sites (tertiary alicyclic amines) is 1. The lowest BCUT2D eigenvalue weighted by Crippen LogP contribution is -2.61. The smallest absolute Gasteiger partial charge is 0.0905 e. The van der Waals surface area contributed by atoms with E-state index in [1.807, 2.05) is 0 Å². The molecule has 4 nitrogen and oxygen atoms in total. The van der Waals surface area contributed by atoms with Crippen LogP contribution in [0.1, 0.15) is 64.9 Å². The number of aryl methyl sites for hydroxylation is 1. The van der Waals surface area contributed by atoms with Gasteiger partial charge in [0.25, 0.3) is 0 Å². The van der Waals surface area contributed by atoms with E-state index < -0.39 is 0 Å². The summed E-state index contributed by atoms with van der Waals surface area (Å²) >= 11 is 0. The molecule has 0 aromatic heterocycles. The van der Waals surface area contributed by atoms with Crippen molar-refractivity contribution in [2.45, 2.75) is 77.8 Å². The number of piperidine rings is 1. The van der Waals surface area contributed by atoms with E-state index in [2.05, 4.69) is 80.8 Å². The van der Waals surface area contributed by atoms with E-state index in [4.69, 9.17) is 0 Å². The fourth-order valence-corrected chi connectivity index (χ4v) is 6.26. The number of hydrogen-bond acceptors (Lipinski definition) is 3. The molecule has 180 valence electrons. The maximum Gasteiger partial charge on any atom is 0.0905 e. The van der Waals surface area contributed by atoms with Gasteiger partial charge in [0.1, 0.15) is 0 Å². The zero-order chi connectivity index (χ0) is 23.0. The molecule has 0 atom stereocenters. The van der Waals surface area contributed by atoms with E-state index in [0.29, 0.717) is 11.0 Å². The van der Waals surface area contributed by atoms with Gasteiger partial charge < -0.3 is 9.38 Å². The van der Waals surface area contributed by atoms with E-state index in [9.17, 15) is 0 Å². The highest BCUT2D eigenvalue weighted by molar-refractivity contribution is 5.47. The largest absolute Gasteiger partial charge is 0.369 e. The molecule has 1 saturated carbocycles. The van der Waals surface area contributed by atoms with Crippen molar-refractivity contribution >= 4 is 5.69 Å². The Hall–Kier alpha value is -1.10. The summed E-state index contributed by atoms with van der Waals surface area (Å²) in [6.45, 7) is 17.9. The molecular formula is C28H49N4+. The predicted molar refractivity (Wildman–Crippen MR) is 137 cm³/mol. The lowest BCUT2D eigenvalue weighted by atomic mass is 9.66. The third kappa shape index (κ3) is 5.18. The van der Waals surface area contributed by atoms with Crippen molar-refractivity contribution in [1.29, 1.82) is 0 Å². The first-order chi connectivity index (χ1) is 15.1. The van der Waals surface area contributed by atoms with Crippen molar-refractivity contribution in [3.8, 4) is 0 Å². The standard InChI is InChI=1S/C28H49N4/c1-24-7-9-25(10-8-24)31-21-19-30(20-22-31)23-29-17-15-28(16-18-29)13-11-26(12-14-28)32(5,6)27(2,3)4/h7-10,26H,11-23H2,1-6H3/q+1. The fraction of sp³-hybridized carbons (Fsp3) is 0.786. The van der Waals surface area contributed by atoms with Crippen LogP contribution in [0, 0.1) is 12.3 Å². The molecule has 0 amide bonds. The summed E-state index contributed by atoms with van der Waals surface area (Å²) < 4.78 is 1.17. The average molecular weight is 442 g/mol. The molecule has 1 aliphatic carbocycles. The second kappa shape index (κ2) is 9.27. The van der Waals surface area contributed by atoms with Gasteiger partial charge in [0.05, 0.1) is 32.3 Å². The fourth-order valence-electron chi connectivity index (χ4n) is 6.26. The third-order valence-corrected chi connectivity index (χ3v) is 9.75. The lowest BCUT2D eigenvalue weighted by molar-refractivity contribution is -0.959. The predicted octanol–water partition coefficient (Wildman–Crippen LogP) is 4.97. The number of benzene rings is 1. The van der Waals surface area contributed by atoms with Gasteiger partial charge in [-0.15, -0.1) is 0 Å². The molecule has 0 N–H and O–H groups in total. The Labute approximate surface area is 198 Å². The van der Waals surface area contributed by atoms with Crippen molar-refractivity contribution in [3.05, 3.63) is 29.8 Å². The number of hydrogen-bond donors (Lipinski definition) is 0. The summed E-state index contributed by atoms with van der Waals surface area (Å²) in [5.41, 5.74) is 3.72. The number of nitrogens with zero attached hydrogens (tertiary/aromatic N) is 4. The van der Waals surface area contributed by atoms with E-state index in [1.165, 1.54) is 87.1 Å². The van der Waals surface area contributed by atoms with Crippen LogP contribution in [-0.2, 0) is 0 Å². The minimum absolute atomic E-state index is 0.335. The Morgan fingerprint density at radius 2 is 1.34 bits per heavy atom. The Bertz CT molecular complexity index is 722. The molecule has 4 heteroatoms. The second-order valence-electron chi connectivity index (χ2n) is 12.6. The topological polar surface area (TPSA) is 9.72 Å². The molecule has 1 aromatic carbocycles. The molecule has 0 bridgehead atoms. The summed E-state index contributed by atoms with van der Waals surface area (Å²) in [5.74, 6) is 0. The third-order valence-electron chi connectivity index (χ3n) is 9.75. The van der Waals surface area contributed by atoms with Crippen molar-refractivity contribution in [3.63, 3.8) is 0 Å². The highest BCUT2D eigenvalue weighted by Gasteiger charge is 2.45. The van der Waals surface area contributed by atoms with Crippen molar-refractivity contribution in [2.24, 2.45) is 5.41 Å². The van der Waals surface area contributed by atoms with E-state index in [0.717, 1.165) is 19.1 Å². The van der Waals surface area contributed by atoms with Crippen LogP contribution >= 0.6 is 0 Å². The summed E-state index contributed by atoms with van der Waals surface area (Å²) in [6.07, 6.45) is 8.60. The minimum Gasteiger partial charge on any atom is -0.369 e.